The van der Waals surface area contributed by atoms with Crippen LogP contribution in [0, 0.1) is 28.1 Å². The van der Waals surface area contributed by atoms with Crippen LogP contribution in [-0.2, 0) is 9.53 Å². The van der Waals surface area contributed by atoms with E-state index in [-0.39, 0.29) is 35.9 Å². The summed E-state index contributed by atoms with van der Waals surface area (Å²) < 4.78 is 5.43. The van der Waals surface area contributed by atoms with Gasteiger partial charge in [0.2, 0.25) is 0 Å². The Kier molecular flexibility index (Phi) is 5.62. The van der Waals surface area contributed by atoms with E-state index in [9.17, 15) is 9.90 Å². The number of carbonyl (C=O) groups excluding carboxylic acids is 1. The Labute approximate surface area is 163 Å². The van der Waals surface area contributed by atoms with E-state index in [1.165, 1.54) is 0 Å². The Hall–Kier alpha value is -1.13. The van der Waals surface area contributed by atoms with Gasteiger partial charge >= 0.3 is 5.97 Å². The van der Waals surface area contributed by atoms with Crippen LogP contribution in [0.2, 0.25) is 0 Å². The normalized spacial score (nSPS) is 42.3. The van der Waals surface area contributed by atoms with Crippen LogP contribution in [0.1, 0.15) is 65.7 Å². The number of rotatable bonds is 5. The van der Waals surface area contributed by atoms with Crippen LogP contribution >= 0.6 is 0 Å². The standard InChI is InChI=1S/C23H36O4/c1-5-21(2)12-9-18-16(13-21)7-8-19-22(18,3)10-6-11-23(19,4)20(26)27-15-17(25)14-24/h5,7,17-19,24-25H,1,6,8-15H2,2-4H3/t17?,18-,19+,21-,22+,23+/m0/s1. The first-order chi connectivity index (χ1) is 12.7. The molecule has 4 nitrogen and oxygen atoms in total. The van der Waals surface area contributed by atoms with E-state index in [4.69, 9.17) is 9.84 Å². The molecule has 0 spiro atoms. The number of esters is 1. The first-order valence-electron chi connectivity index (χ1n) is 10.5. The van der Waals surface area contributed by atoms with E-state index >= 15 is 0 Å². The zero-order valence-electron chi connectivity index (χ0n) is 17.2. The van der Waals surface area contributed by atoms with Crippen molar-refractivity contribution in [2.75, 3.05) is 13.2 Å². The molecule has 0 aliphatic heterocycles. The maximum atomic E-state index is 13.0. The van der Waals surface area contributed by atoms with Crippen LogP contribution in [-0.4, -0.2) is 35.5 Å². The number of ether oxygens (including phenoxy) is 1. The van der Waals surface area contributed by atoms with Crippen molar-refractivity contribution >= 4 is 5.97 Å². The lowest BCUT2D eigenvalue weighted by Crippen LogP contribution is -2.54. The molecule has 2 fully saturated rings. The molecule has 6 atom stereocenters. The molecule has 0 aromatic heterocycles. The summed E-state index contributed by atoms with van der Waals surface area (Å²) in [6, 6.07) is 0. The van der Waals surface area contributed by atoms with Gasteiger partial charge in [0, 0.05) is 0 Å². The van der Waals surface area contributed by atoms with Gasteiger partial charge in [-0.3, -0.25) is 4.79 Å². The average Bonchev–Trinajstić information content (AvgIpc) is 2.65. The van der Waals surface area contributed by atoms with Crippen LogP contribution < -0.4 is 0 Å². The smallest absolute Gasteiger partial charge is 0.312 e. The summed E-state index contributed by atoms with van der Waals surface area (Å²) in [7, 11) is 0. The van der Waals surface area contributed by atoms with Gasteiger partial charge in [-0.05, 0) is 68.1 Å². The van der Waals surface area contributed by atoms with Gasteiger partial charge in [0.1, 0.15) is 12.7 Å². The molecule has 3 aliphatic rings. The zero-order chi connectivity index (χ0) is 19.9. The SMILES string of the molecule is C=C[C@@]1(C)CC[C@H]2C(=CC[C@@H]3[C@]2(C)CCC[C@@]3(C)C(=O)OCC(O)CO)C1. The third kappa shape index (κ3) is 3.51. The second-order valence-electron chi connectivity index (χ2n) is 9.91. The Morgan fingerprint density at radius 1 is 1.37 bits per heavy atom. The largest absolute Gasteiger partial charge is 0.462 e. The minimum atomic E-state index is -1.000. The predicted molar refractivity (Wildman–Crippen MR) is 106 cm³/mol. The van der Waals surface area contributed by atoms with E-state index in [2.05, 4.69) is 39.5 Å². The first kappa shape index (κ1) is 20.6. The highest BCUT2D eigenvalue weighted by Gasteiger charge is 2.58. The molecule has 4 heteroatoms. The molecule has 3 aliphatic carbocycles. The maximum Gasteiger partial charge on any atom is 0.312 e. The molecular formula is C23H36O4. The Bertz CT molecular complexity index is 626. The molecule has 0 heterocycles. The van der Waals surface area contributed by atoms with Crippen LogP contribution in [0.25, 0.3) is 0 Å². The van der Waals surface area contributed by atoms with Crippen molar-refractivity contribution in [3.63, 3.8) is 0 Å². The van der Waals surface area contributed by atoms with Crippen LogP contribution in [0.3, 0.4) is 0 Å². The van der Waals surface area contributed by atoms with Crippen molar-refractivity contribution < 1.29 is 19.7 Å². The van der Waals surface area contributed by atoms with E-state index in [1.807, 2.05) is 0 Å². The fraction of sp³-hybridized carbons (Fsp3) is 0.783. The van der Waals surface area contributed by atoms with Crippen LogP contribution in [0.5, 0.6) is 0 Å². The maximum absolute atomic E-state index is 13.0. The monoisotopic (exact) mass is 376 g/mol. The molecule has 2 saturated carbocycles. The van der Waals surface area contributed by atoms with Crippen LogP contribution in [0.4, 0.5) is 0 Å². The quantitative estimate of drug-likeness (QED) is 0.562. The van der Waals surface area contributed by atoms with Gasteiger partial charge in [-0.15, -0.1) is 6.58 Å². The molecule has 0 amide bonds. The minimum Gasteiger partial charge on any atom is -0.462 e. The third-order valence-electron chi connectivity index (χ3n) is 8.02. The van der Waals surface area contributed by atoms with Crippen molar-refractivity contribution in [1.29, 1.82) is 0 Å². The van der Waals surface area contributed by atoms with Gasteiger partial charge in [0.05, 0.1) is 12.0 Å². The highest BCUT2D eigenvalue weighted by Crippen LogP contribution is 2.63. The number of aliphatic hydroxyl groups excluding tert-OH is 2. The van der Waals surface area contributed by atoms with Gasteiger partial charge in [-0.2, -0.15) is 0 Å². The average molecular weight is 377 g/mol. The third-order valence-corrected chi connectivity index (χ3v) is 8.02. The number of carbonyl (C=O) groups is 1. The van der Waals surface area contributed by atoms with E-state index in [0.717, 1.165) is 44.9 Å². The van der Waals surface area contributed by atoms with Gasteiger partial charge in [-0.25, -0.2) is 0 Å². The summed E-state index contributed by atoms with van der Waals surface area (Å²) in [5, 5.41) is 18.5. The molecule has 0 bridgehead atoms. The van der Waals surface area contributed by atoms with Gasteiger partial charge in [0.25, 0.3) is 0 Å². The summed E-state index contributed by atoms with van der Waals surface area (Å²) in [5.41, 5.74) is 1.36. The first-order valence-corrected chi connectivity index (χ1v) is 10.5. The fourth-order valence-corrected chi connectivity index (χ4v) is 6.24. The topological polar surface area (TPSA) is 66.8 Å². The molecular weight excluding hydrogens is 340 g/mol. The lowest BCUT2D eigenvalue weighted by Gasteiger charge is -2.58. The molecule has 0 radical (unpaired) electrons. The number of aliphatic hydroxyl groups is 2. The van der Waals surface area contributed by atoms with E-state index in [1.54, 1.807) is 5.57 Å². The molecule has 3 rings (SSSR count). The predicted octanol–water partition coefficient (Wildman–Crippen LogP) is 4.02. The molecule has 0 aromatic rings. The van der Waals surface area contributed by atoms with Gasteiger partial charge in [-0.1, -0.05) is 38.0 Å². The van der Waals surface area contributed by atoms with E-state index < -0.39 is 11.5 Å². The molecule has 27 heavy (non-hydrogen) atoms. The minimum absolute atomic E-state index is 0.119. The summed E-state index contributed by atoms with van der Waals surface area (Å²) in [5.74, 6) is 0.591. The number of hydrogen-bond donors (Lipinski definition) is 2. The Morgan fingerprint density at radius 3 is 2.78 bits per heavy atom. The zero-order valence-corrected chi connectivity index (χ0v) is 17.2. The van der Waals surface area contributed by atoms with Crippen LogP contribution in [0.15, 0.2) is 24.3 Å². The lowest BCUT2D eigenvalue weighted by molar-refractivity contribution is -0.173. The van der Waals surface area contributed by atoms with Crippen molar-refractivity contribution in [2.45, 2.75) is 71.8 Å². The number of allylic oxidation sites excluding steroid dienone is 3. The Balaban J connectivity index is 1.84. The molecule has 1 unspecified atom stereocenters. The lowest BCUT2D eigenvalue weighted by atomic mass is 9.45. The molecule has 152 valence electrons. The Morgan fingerprint density at radius 2 is 2.11 bits per heavy atom. The summed E-state index contributed by atoms with van der Waals surface area (Å²) in [4.78, 5) is 13.0. The van der Waals surface area contributed by atoms with E-state index in [0.29, 0.717) is 5.92 Å². The number of fused-ring (bicyclic) bond motifs is 3. The highest BCUT2D eigenvalue weighted by molar-refractivity contribution is 5.77. The van der Waals surface area contributed by atoms with Crippen molar-refractivity contribution in [2.24, 2.45) is 28.1 Å². The van der Waals surface area contributed by atoms with Gasteiger partial charge < -0.3 is 14.9 Å². The highest BCUT2D eigenvalue weighted by atomic mass is 16.5. The summed E-state index contributed by atoms with van der Waals surface area (Å²) in [6.07, 6.45) is 10.9. The fourth-order valence-electron chi connectivity index (χ4n) is 6.24. The second kappa shape index (κ2) is 7.36. The van der Waals surface area contributed by atoms with Crippen molar-refractivity contribution in [3.8, 4) is 0 Å². The molecule has 0 saturated heterocycles. The molecule has 0 aromatic carbocycles. The summed E-state index contributed by atoms with van der Waals surface area (Å²) >= 11 is 0. The number of hydrogen-bond acceptors (Lipinski definition) is 4. The molecule has 2 N–H and O–H groups in total. The summed E-state index contributed by atoms with van der Waals surface area (Å²) in [6.45, 7) is 10.3. The van der Waals surface area contributed by atoms with Crippen molar-refractivity contribution in [3.05, 3.63) is 24.3 Å². The van der Waals surface area contributed by atoms with Crippen molar-refractivity contribution in [1.82, 2.24) is 0 Å². The second-order valence-corrected chi connectivity index (χ2v) is 9.91. The van der Waals surface area contributed by atoms with Gasteiger partial charge in [0.15, 0.2) is 0 Å².